The van der Waals surface area contributed by atoms with Crippen LogP contribution in [0.2, 0.25) is 0 Å². The van der Waals surface area contributed by atoms with Gasteiger partial charge in [0.15, 0.2) is 0 Å². The number of halogens is 2. The van der Waals surface area contributed by atoms with Crippen molar-refractivity contribution in [2.45, 2.75) is 30.2 Å². The number of ether oxygens (including phenoxy) is 2. The number of aliphatic hydroxyl groups is 1. The second-order valence-electron chi connectivity index (χ2n) is 4.23. The molecule has 1 rings (SSSR count). The molecule has 1 N–H and O–H groups in total. The molecular formula is C14H17Cl2NO3. The van der Waals surface area contributed by atoms with Gasteiger partial charge in [0, 0.05) is 0 Å². The van der Waals surface area contributed by atoms with Gasteiger partial charge in [-0.2, -0.15) is 5.26 Å². The molecule has 0 saturated heterocycles. The molecule has 110 valence electrons. The number of aliphatic hydroxyl groups excluding tert-OH is 1. The molecule has 1 atom stereocenters. The van der Waals surface area contributed by atoms with E-state index in [0.717, 1.165) is 18.6 Å². The van der Waals surface area contributed by atoms with Crippen LogP contribution in [0, 0.1) is 11.3 Å². The molecule has 0 heterocycles. The van der Waals surface area contributed by atoms with Crippen molar-refractivity contribution >= 4 is 23.2 Å². The number of benzene rings is 1. The molecule has 1 aromatic rings. The minimum atomic E-state index is -1.87. The lowest BCUT2D eigenvalue weighted by molar-refractivity contribution is 0.105. The van der Waals surface area contributed by atoms with Crippen molar-refractivity contribution in [2.24, 2.45) is 0 Å². The monoisotopic (exact) mass is 317 g/mol. The number of nitrogens with zero attached hydrogens (tertiary/aromatic N) is 1. The van der Waals surface area contributed by atoms with E-state index in [1.54, 1.807) is 30.3 Å². The van der Waals surface area contributed by atoms with Gasteiger partial charge < -0.3 is 14.6 Å². The van der Waals surface area contributed by atoms with Crippen molar-refractivity contribution in [1.29, 1.82) is 5.26 Å². The SMILES string of the molecule is CCCCOc1ccc(OCC(O)C(Cl)(Cl)C#N)cc1. The predicted octanol–water partition coefficient (Wildman–Crippen LogP) is 3.30. The van der Waals surface area contributed by atoms with Gasteiger partial charge in [-0.05, 0) is 30.7 Å². The smallest absolute Gasteiger partial charge is 0.231 e. The van der Waals surface area contributed by atoms with Crippen LogP contribution in [0.4, 0.5) is 0 Å². The minimum absolute atomic E-state index is 0.170. The number of alkyl halides is 2. The fourth-order valence-electron chi connectivity index (χ4n) is 1.32. The van der Waals surface area contributed by atoms with Crippen LogP contribution in [0.15, 0.2) is 24.3 Å². The fourth-order valence-corrected chi connectivity index (χ4v) is 1.45. The molecule has 4 nitrogen and oxygen atoms in total. The highest BCUT2D eigenvalue weighted by atomic mass is 35.5. The van der Waals surface area contributed by atoms with Crippen LogP contribution in [0.3, 0.4) is 0 Å². The van der Waals surface area contributed by atoms with Crippen LogP contribution in [0.25, 0.3) is 0 Å². The summed E-state index contributed by atoms with van der Waals surface area (Å²) in [5.74, 6) is 1.29. The summed E-state index contributed by atoms with van der Waals surface area (Å²) >= 11 is 11.2. The van der Waals surface area contributed by atoms with Gasteiger partial charge >= 0.3 is 0 Å². The largest absolute Gasteiger partial charge is 0.494 e. The van der Waals surface area contributed by atoms with Gasteiger partial charge in [0.2, 0.25) is 4.33 Å². The Hall–Kier alpha value is -1.15. The lowest BCUT2D eigenvalue weighted by atomic mass is 10.2. The van der Waals surface area contributed by atoms with E-state index < -0.39 is 10.4 Å². The molecule has 1 aromatic carbocycles. The molecule has 0 amide bonds. The Morgan fingerprint density at radius 2 is 1.80 bits per heavy atom. The molecule has 0 aliphatic rings. The zero-order valence-electron chi connectivity index (χ0n) is 11.2. The molecule has 0 saturated carbocycles. The first-order chi connectivity index (χ1) is 9.49. The van der Waals surface area contributed by atoms with Crippen LogP contribution in [0.5, 0.6) is 11.5 Å². The van der Waals surface area contributed by atoms with E-state index >= 15 is 0 Å². The Balaban J connectivity index is 2.44. The predicted molar refractivity (Wildman–Crippen MR) is 78.4 cm³/mol. The maximum atomic E-state index is 9.60. The summed E-state index contributed by atoms with van der Waals surface area (Å²) in [6, 6.07) is 8.57. The Morgan fingerprint density at radius 3 is 2.30 bits per heavy atom. The van der Waals surface area contributed by atoms with Crippen molar-refractivity contribution in [1.82, 2.24) is 0 Å². The van der Waals surface area contributed by atoms with Crippen LogP contribution in [-0.2, 0) is 0 Å². The van der Waals surface area contributed by atoms with Crippen molar-refractivity contribution in [2.75, 3.05) is 13.2 Å². The van der Waals surface area contributed by atoms with Gasteiger partial charge in [0.05, 0.1) is 6.61 Å². The molecule has 0 aromatic heterocycles. The first kappa shape index (κ1) is 16.9. The highest BCUT2D eigenvalue weighted by molar-refractivity contribution is 6.50. The van der Waals surface area contributed by atoms with Gasteiger partial charge in [-0.15, -0.1) is 0 Å². The number of nitriles is 1. The van der Waals surface area contributed by atoms with E-state index in [1.807, 2.05) is 0 Å². The van der Waals surface area contributed by atoms with Crippen LogP contribution >= 0.6 is 23.2 Å². The molecule has 20 heavy (non-hydrogen) atoms. The first-order valence-corrected chi connectivity index (χ1v) is 7.08. The van der Waals surface area contributed by atoms with Gasteiger partial charge in [0.25, 0.3) is 0 Å². The van der Waals surface area contributed by atoms with Crippen LogP contribution in [-0.4, -0.2) is 28.8 Å². The average Bonchev–Trinajstić information content (AvgIpc) is 2.46. The summed E-state index contributed by atoms with van der Waals surface area (Å²) in [6.07, 6.45) is 0.791. The van der Waals surface area contributed by atoms with Gasteiger partial charge in [-0.3, -0.25) is 0 Å². The van der Waals surface area contributed by atoms with Crippen molar-refractivity contribution in [3.05, 3.63) is 24.3 Å². The molecule has 0 aliphatic heterocycles. The highest BCUT2D eigenvalue weighted by Gasteiger charge is 2.34. The summed E-state index contributed by atoms with van der Waals surface area (Å²) in [5, 5.41) is 18.3. The van der Waals surface area contributed by atoms with E-state index in [-0.39, 0.29) is 6.61 Å². The maximum absolute atomic E-state index is 9.60. The highest BCUT2D eigenvalue weighted by Crippen LogP contribution is 2.25. The Morgan fingerprint density at radius 1 is 1.25 bits per heavy atom. The lowest BCUT2D eigenvalue weighted by Gasteiger charge is -2.18. The van der Waals surface area contributed by atoms with Gasteiger partial charge in [-0.25, -0.2) is 0 Å². The van der Waals surface area contributed by atoms with E-state index in [2.05, 4.69) is 6.92 Å². The minimum Gasteiger partial charge on any atom is -0.494 e. The first-order valence-electron chi connectivity index (χ1n) is 6.32. The third-order valence-corrected chi connectivity index (χ3v) is 3.24. The van der Waals surface area contributed by atoms with Gasteiger partial charge in [0.1, 0.15) is 30.3 Å². The summed E-state index contributed by atoms with van der Waals surface area (Å²) in [4.78, 5) is 0. The standard InChI is InChI=1S/C14H17Cl2NO3/c1-2-3-8-19-11-4-6-12(7-5-11)20-9-13(18)14(15,16)10-17/h4-7,13,18H,2-3,8-9H2,1H3. The Bertz CT molecular complexity index is 443. The summed E-state index contributed by atoms with van der Waals surface area (Å²) in [7, 11) is 0. The normalized spacial score (nSPS) is 12.6. The molecule has 0 spiro atoms. The number of rotatable bonds is 8. The van der Waals surface area contributed by atoms with Crippen molar-refractivity contribution in [3.8, 4) is 17.6 Å². The molecule has 1 unspecified atom stereocenters. The number of unbranched alkanes of at least 4 members (excludes halogenated alkanes) is 1. The zero-order valence-corrected chi connectivity index (χ0v) is 12.7. The third-order valence-electron chi connectivity index (χ3n) is 2.57. The molecule has 0 fully saturated rings. The van der Waals surface area contributed by atoms with E-state index in [1.165, 1.54) is 0 Å². The second-order valence-corrected chi connectivity index (χ2v) is 5.62. The number of hydrogen-bond acceptors (Lipinski definition) is 4. The van der Waals surface area contributed by atoms with Crippen molar-refractivity contribution < 1.29 is 14.6 Å². The molecule has 0 bridgehead atoms. The van der Waals surface area contributed by atoms with E-state index in [9.17, 15) is 5.11 Å². The molecule has 0 radical (unpaired) electrons. The van der Waals surface area contributed by atoms with E-state index in [4.69, 9.17) is 37.9 Å². The summed E-state index contributed by atoms with van der Waals surface area (Å²) in [5.41, 5.74) is 0. The fraction of sp³-hybridized carbons (Fsp3) is 0.500. The van der Waals surface area contributed by atoms with Crippen LogP contribution < -0.4 is 9.47 Å². The molecular weight excluding hydrogens is 301 g/mol. The third kappa shape index (κ3) is 5.46. The topological polar surface area (TPSA) is 62.5 Å². The van der Waals surface area contributed by atoms with Gasteiger partial charge in [-0.1, -0.05) is 36.5 Å². The summed E-state index contributed by atoms with van der Waals surface area (Å²) < 4.78 is 8.95. The second kappa shape index (κ2) is 8.21. The molecule has 0 aliphatic carbocycles. The Labute approximate surface area is 128 Å². The summed E-state index contributed by atoms with van der Waals surface area (Å²) in [6.45, 7) is 2.61. The maximum Gasteiger partial charge on any atom is 0.231 e. The van der Waals surface area contributed by atoms with Crippen molar-refractivity contribution in [3.63, 3.8) is 0 Å². The Kier molecular flexibility index (Phi) is 6.94. The molecule has 6 heteroatoms. The lowest BCUT2D eigenvalue weighted by Crippen LogP contribution is -2.34. The van der Waals surface area contributed by atoms with E-state index in [0.29, 0.717) is 12.4 Å². The quantitative estimate of drug-likeness (QED) is 0.590. The zero-order chi connectivity index (χ0) is 15.0. The number of hydrogen-bond donors (Lipinski definition) is 1. The average molecular weight is 318 g/mol. The van der Waals surface area contributed by atoms with Crippen LogP contribution in [0.1, 0.15) is 19.8 Å².